The van der Waals surface area contributed by atoms with E-state index in [0.717, 1.165) is 4.47 Å². The lowest BCUT2D eigenvalue weighted by Gasteiger charge is -2.12. The normalized spacial score (nSPS) is 12.4. The van der Waals surface area contributed by atoms with Crippen LogP contribution in [0.15, 0.2) is 62.8 Å². The molecule has 0 saturated carbocycles. The molecule has 0 aliphatic heterocycles. The fourth-order valence-electron chi connectivity index (χ4n) is 1.59. The van der Waals surface area contributed by atoms with Crippen LogP contribution in [0.3, 0.4) is 0 Å². The summed E-state index contributed by atoms with van der Waals surface area (Å²) in [6.07, 6.45) is 0. The van der Waals surface area contributed by atoms with Crippen LogP contribution in [0, 0.1) is 0 Å². The molecule has 2 aromatic carbocycles. The third-order valence-electron chi connectivity index (χ3n) is 2.44. The Kier molecular flexibility index (Phi) is 4.26. The minimum Gasteiger partial charge on any atom is -0.324 e. The van der Waals surface area contributed by atoms with Crippen LogP contribution in [-0.2, 0) is 0 Å². The lowest BCUT2D eigenvalue weighted by molar-refractivity contribution is 0.797. The van der Waals surface area contributed by atoms with Gasteiger partial charge >= 0.3 is 0 Å². The zero-order chi connectivity index (χ0) is 12.3. The van der Waals surface area contributed by atoms with Crippen molar-refractivity contribution >= 4 is 27.7 Å². The quantitative estimate of drug-likeness (QED) is 0.895. The fourth-order valence-corrected chi connectivity index (χ4v) is 3.21. The predicted octanol–water partition coefficient (Wildman–Crippen LogP) is 4.62. The molecule has 0 aliphatic rings. The van der Waals surface area contributed by atoms with E-state index in [4.69, 9.17) is 5.73 Å². The van der Waals surface area contributed by atoms with Crippen LogP contribution in [0.4, 0.5) is 0 Å². The summed E-state index contributed by atoms with van der Waals surface area (Å²) in [5.74, 6) is 0. The van der Waals surface area contributed by atoms with E-state index in [-0.39, 0.29) is 6.04 Å². The second kappa shape index (κ2) is 5.71. The highest BCUT2D eigenvalue weighted by atomic mass is 79.9. The van der Waals surface area contributed by atoms with E-state index < -0.39 is 0 Å². The molecule has 1 unspecified atom stereocenters. The van der Waals surface area contributed by atoms with Crippen molar-refractivity contribution in [2.75, 3.05) is 0 Å². The van der Waals surface area contributed by atoms with Crippen LogP contribution < -0.4 is 5.73 Å². The van der Waals surface area contributed by atoms with Gasteiger partial charge in [-0.3, -0.25) is 0 Å². The van der Waals surface area contributed by atoms with Crippen molar-refractivity contribution in [3.8, 4) is 0 Å². The maximum absolute atomic E-state index is 5.99. The van der Waals surface area contributed by atoms with Crippen molar-refractivity contribution in [3.05, 3.63) is 58.6 Å². The predicted molar refractivity (Wildman–Crippen MR) is 77.3 cm³/mol. The van der Waals surface area contributed by atoms with Gasteiger partial charge in [0.05, 0.1) is 0 Å². The van der Waals surface area contributed by atoms with Crippen molar-refractivity contribution in [2.24, 2.45) is 5.73 Å². The van der Waals surface area contributed by atoms with E-state index in [9.17, 15) is 0 Å². The summed E-state index contributed by atoms with van der Waals surface area (Å²) in [5, 5.41) is 0. The monoisotopic (exact) mass is 307 g/mol. The molecule has 0 aliphatic carbocycles. The van der Waals surface area contributed by atoms with Gasteiger partial charge in [-0.15, -0.1) is 0 Å². The largest absolute Gasteiger partial charge is 0.324 e. The first-order valence-electron chi connectivity index (χ1n) is 5.45. The number of halogens is 1. The average Bonchev–Trinajstić information content (AvgIpc) is 2.30. The van der Waals surface area contributed by atoms with Gasteiger partial charge in [0, 0.05) is 20.3 Å². The highest BCUT2D eigenvalue weighted by Gasteiger charge is 2.08. The second-order valence-corrected chi connectivity index (χ2v) is 5.92. The Hall–Kier alpha value is -0.770. The van der Waals surface area contributed by atoms with Crippen LogP contribution >= 0.6 is 27.7 Å². The highest BCUT2D eigenvalue weighted by molar-refractivity contribution is 9.10. The minimum absolute atomic E-state index is 0.0503. The molecule has 0 heterocycles. The van der Waals surface area contributed by atoms with E-state index in [1.54, 1.807) is 11.8 Å². The van der Waals surface area contributed by atoms with E-state index in [2.05, 4.69) is 40.2 Å². The summed E-state index contributed by atoms with van der Waals surface area (Å²) in [6, 6.07) is 16.6. The Morgan fingerprint density at radius 1 is 1.12 bits per heavy atom. The zero-order valence-corrected chi connectivity index (χ0v) is 12.0. The Balaban J connectivity index is 2.34. The fraction of sp³-hybridized carbons (Fsp3) is 0.143. The lowest BCUT2D eigenvalue weighted by atomic mass is 10.1. The van der Waals surface area contributed by atoms with E-state index in [1.807, 2.05) is 31.2 Å². The standard InChI is InChI=1S/C14H14BrNS/c1-10(16)13-8-7-11(15)9-14(13)17-12-5-3-2-4-6-12/h2-10H,16H2,1H3. The van der Waals surface area contributed by atoms with Gasteiger partial charge in [0.25, 0.3) is 0 Å². The van der Waals surface area contributed by atoms with Gasteiger partial charge in [-0.25, -0.2) is 0 Å². The number of benzene rings is 2. The molecule has 0 amide bonds. The molecule has 0 aromatic heterocycles. The molecule has 0 saturated heterocycles. The number of rotatable bonds is 3. The summed E-state index contributed by atoms with van der Waals surface area (Å²) < 4.78 is 1.08. The van der Waals surface area contributed by atoms with Crippen molar-refractivity contribution in [3.63, 3.8) is 0 Å². The maximum Gasteiger partial charge on any atom is 0.0277 e. The Morgan fingerprint density at radius 2 is 1.82 bits per heavy atom. The molecule has 0 radical (unpaired) electrons. The molecule has 3 heteroatoms. The molecule has 88 valence electrons. The Morgan fingerprint density at radius 3 is 2.47 bits per heavy atom. The van der Waals surface area contributed by atoms with Crippen LogP contribution in [0.2, 0.25) is 0 Å². The third-order valence-corrected chi connectivity index (χ3v) is 4.01. The molecular formula is C14H14BrNS. The second-order valence-electron chi connectivity index (χ2n) is 3.89. The Bertz CT molecular complexity index is 497. The zero-order valence-electron chi connectivity index (χ0n) is 9.56. The molecule has 1 nitrogen and oxygen atoms in total. The van der Waals surface area contributed by atoms with Crippen LogP contribution in [0.5, 0.6) is 0 Å². The van der Waals surface area contributed by atoms with Gasteiger partial charge in [-0.2, -0.15) is 0 Å². The van der Waals surface area contributed by atoms with Crippen molar-refractivity contribution < 1.29 is 0 Å². The van der Waals surface area contributed by atoms with Gasteiger partial charge in [0.1, 0.15) is 0 Å². The molecule has 17 heavy (non-hydrogen) atoms. The van der Waals surface area contributed by atoms with Crippen LogP contribution in [-0.4, -0.2) is 0 Å². The number of hydrogen-bond acceptors (Lipinski definition) is 2. The molecule has 0 bridgehead atoms. The van der Waals surface area contributed by atoms with Gasteiger partial charge < -0.3 is 5.73 Å². The Labute approximate surface area is 115 Å². The molecule has 1 atom stereocenters. The van der Waals surface area contributed by atoms with Gasteiger partial charge in [-0.1, -0.05) is 52.0 Å². The van der Waals surface area contributed by atoms with Crippen molar-refractivity contribution in [1.29, 1.82) is 0 Å². The maximum atomic E-state index is 5.99. The number of nitrogens with two attached hydrogens (primary N) is 1. The molecular weight excluding hydrogens is 294 g/mol. The van der Waals surface area contributed by atoms with Gasteiger partial charge in [0.2, 0.25) is 0 Å². The topological polar surface area (TPSA) is 26.0 Å². The first kappa shape index (κ1) is 12.7. The lowest BCUT2D eigenvalue weighted by Crippen LogP contribution is -2.06. The first-order chi connectivity index (χ1) is 8.16. The van der Waals surface area contributed by atoms with Crippen molar-refractivity contribution in [1.82, 2.24) is 0 Å². The SMILES string of the molecule is CC(N)c1ccc(Br)cc1Sc1ccccc1. The van der Waals surface area contributed by atoms with Crippen LogP contribution in [0.25, 0.3) is 0 Å². The average molecular weight is 308 g/mol. The van der Waals surface area contributed by atoms with E-state index in [0.29, 0.717) is 0 Å². The minimum atomic E-state index is 0.0503. The first-order valence-corrected chi connectivity index (χ1v) is 7.05. The summed E-state index contributed by atoms with van der Waals surface area (Å²) in [7, 11) is 0. The summed E-state index contributed by atoms with van der Waals surface area (Å²) in [5.41, 5.74) is 7.17. The highest BCUT2D eigenvalue weighted by Crippen LogP contribution is 2.34. The third kappa shape index (κ3) is 3.35. The summed E-state index contributed by atoms with van der Waals surface area (Å²) in [6.45, 7) is 2.01. The van der Waals surface area contributed by atoms with Gasteiger partial charge in [-0.05, 0) is 36.8 Å². The molecule has 0 fully saturated rings. The molecule has 2 aromatic rings. The van der Waals surface area contributed by atoms with E-state index >= 15 is 0 Å². The van der Waals surface area contributed by atoms with Crippen molar-refractivity contribution in [2.45, 2.75) is 22.8 Å². The number of hydrogen-bond donors (Lipinski definition) is 1. The molecule has 0 spiro atoms. The molecule has 2 rings (SSSR count). The summed E-state index contributed by atoms with van der Waals surface area (Å²) >= 11 is 5.25. The summed E-state index contributed by atoms with van der Waals surface area (Å²) in [4.78, 5) is 2.44. The van der Waals surface area contributed by atoms with E-state index in [1.165, 1.54) is 15.4 Å². The van der Waals surface area contributed by atoms with Gasteiger partial charge in [0.15, 0.2) is 0 Å². The smallest absolute Gasteiger partial charge is 0.0277 e. The molecule has 2 N–H and O–H groups in total. The van der Waals surface area contributed by atoms with Crippen LogP contribution in [0.1, 0.15) is 18.5 Å².